The molecule has 1 aromatic carbocycles. The van der Waals surface area contributed by atoms with Crippen molar-refractivity contribution >= 4 is 17.3 Å². The standard InChI is InChI=1S/C15H19ClF3N3O4/c16-5-6-20-14-11(3-1-7-21(23)24)9-13(15(17,18)19)10-12(14)4-2-8-22(25)26/h9-10,20H,1-8H2. The second-order valence-corrected chi connectivity index (χ2v) is 5.98. The maximum atomic E-state index is 13.2. The van der Waals surface area contributed by atoms with Gasteiger partial charge in [0.2, 0.25) is 13.1 Å². The number of aryl methyl sites for hydroxylation is 2. The number of hydrogen-bond acceptors (Lipinski definition) is 5. The highest BCUT2D eigenvalue weighted by atomic mass is 35.5. The Balaban J connectivity index is 3.21. The van der Waals surface area contributed by atoms with E-state index in [2.05, 4.69) is 5.32 Å². The fourth-order valence-corrected chi connectivity index (χ4v) is 2.62. The third-order valence-corrected chi connectivity index (χ3v) is 3.79. The summed E-state index contributed by atoms with van der Waals surface area (Å²) in [4.78, 5) is 19.9. The third-order valence-electron chi connectivity index (χ3n) is 3.60. The minimum absolute atomic E-state index is 0.0811. The number of nitro groups is 2. The lowest BCUT2D eigenvalue weighted by atomic mass is 9.96. The first-order valence-corrected chi connectivity index (χ1v) is 8.45. The van der Waals surface area contributed by atoms with E-state index in [9.17, 15) is 33.4 Å². The van der Waals surface area contributed by atoms with E-state index in [0.29, 0.717) is 16.8 Å². The van der Waals surface area contributed by atoms with E-state index >= 15 is 0 Å². The highest BCUT2D eigenvalue weighted by molar-refractivity contribution is 6.18. The number of anilines is 1. The molecule has 0 heterocycles. The molecular weight excluding hydrogens is 379 g/mol. The number of alkyl halides is 4. The fourth-order valence-electron chi connectivity index (χ4n) is 2.52. The van der Waals surface area contributed by atoms with Crippen molar-refractivity contribution in [3.63, 3.8) is 0 Å². The molecule has 0 aromatic heterocycles. The molecule has 0 saturated heterocycles. The first-order valence-electron chi connectivity index (χ1n) is 7.91. The summed E-state index contributed by atoms with van der Waals surface area (Å²) in [5, 5.41) is 23.9. The molecule has 0 amide bonds. The third kappa shape index (κ3) is 7.42. The molecule has 11 heteroatoms. The summed E-state index contributed by atoms with van der Waals surface area (Å²) in [6.45, 7) is -0.429. The summed E-state index contributed by atoms with van der Waals surface area (Å²) in [7, 11) is 0. The van der Waals surface area contributed by atoms with Crippen LogP contribution in [0.25, 0.3) is 0 Å². The quantitative estimate of drug-likeness (QED) is 0.348. The van der Waals surface area contributed by atoms with Crippen LogP contribution >= 0.6 is 11.6 Å². The molecule has 1 rings (SSSR count). The lowest BCUT2D eigenvalue weighted by Crippen LogP contribution is -2.14. The van der Waals surface area contributed by atoms with Gasteiger partial charge in [0, 0.05) is 40.8 Å². The number of nitrogens with one attached hydrogen (secondary N) is 1. The summed E-state index contributed by atoms with van der Waals surface area (Å²) in [6.07, 6.45) is -4.26. The molecule has 26 heavy (non-hydrogen) atoms. The second kappa shape index (κ2) is 10.1. The molecule has 0 spiro atoms. The van der Waals surface area contributed by atoms with Crippen LogP contribution < -0.4 is 5.32 Å². The molecule has 0 unspecified atom stereocenters. The van der Waals surface area contributed by atoms with Gasteiger partial charge in [-0.05, 0) is 36.1 Å². The van der Waals surface area contributed by atoms with Crippen molar-refractivity contribution in [2.24, 2.45) is 0 Å². The van der Waals surface area contributed by atoms with Crippen LogP contribution in [0.1, 0.15) is 29.5 Å². The van der Waals surface area contributed by atoms with Gasteiger partial charge in [-0.3, -0.25) is 20.2 Å². The van der Waals surface area contributed by atoms with Crippen molar-refractivity contribution < 1.29 is 23.0 Å². The lowest BCUT2D eigenvalue weighted by molar-refractivity contribution is -0.480. The van der Waals surface area contributed by atoms with E-state index in [1.165, 1.54) is 0 Å². The van der Waals surface area contributed by atoms with Crippen LogP contribution in [0.15, 0.2) is 12.1 Å². The number of halogens is 4. The Bertz CT molecular complexity index is 600. The highest BCUT2D eigenvalue weighted by Gasteiger charge is 2.32. The minimum atomic E-state index is -4.58. The van der Waals surface area contributed by atoms with E-state index in [0.717, 1.165) is 12.1 Å². The average Bonchev–Trinajstić information content (AvgIpc) is 2.52. The van der Waals surface area contributed by atoms with Gasteiger partial charge in [0.25, 0.3) is 0 Å². The maximum absolute atomic E-state index is 13.2. The zero-order valence-electron chi connectivity index (χ0n) is 13.9. The van der Waals surface area contributed by atoms with E-state index in [1.807, 2.05) is 0 Å². The molecule has 0 fully saturated rings. The predicted molar refractivity (Wildman–Crippen MR) is 91.0 cm³/mol. The Labute approximate surface area is 152 Å². The molecule has 0 atom stereocenters. The molecular formula is C15H19ClF3N3O4. The first kappa shape index (κ1) is 21.9. The van der Waals surface area contributed by atoms with E-state index in [1.54, 1.807) is 0 Å². The van der Waals surface area contributed by atoms with Crippen molar-refractivity contribution in [1.82, 2.24) is 0 Å². The van der Waals surface area contributed by atoms with E-state index < -0.39 is 21.6 Å². The van der Waals surface area contributed by atoms with Gasteiger partial charge >= 0.3 is 6.18 Å². The van der Waals surface area contributed by atoms with Crippen molar-refractivity contribution in [2.45, 2.75) is 31.9 Å². The van der Waals surface area contributed by atoms with Crippen molar-refractivity contribution in [3.05, 3.63) is 49.1 Å². The summed E-state index contributed by atoms with van der Waals surface area (Å²) < 4.78 is 39.5. The van der Waals surface area contributed by atoms with Crippen LogP contribution in [-0.4, -0.2) is 35.4 Å². The smallest absolute Gasteiger partial charge is 0.383 e. The summed E-state index contributed by atoms with van der Waals surface area (Å²) in [5.41, 5.74) is 0.136. The van der Waals surface area contributed by atoms with Gasteiger partial charge in [0.1, 0.15) is 0 Å². The van der Waals surface area contributed by atoms with Gasteiger partial charge in [-0.2, -0.15) is 13.2 Å². The summed E-state index contributed by atoms with van der Waals surface area (Å²) >= 11 is 5.63. The number of nitrogens with zero attached hydrogens (tertiary/aromatic N) is 2. The van der Waals surface area contributed by atoms with E-state index in [4.69, 9.17) is 11.6 Å². The molecule has 0 saturated carbocycles. The fraction of sp³-hybridized carbons (Fsp3) is 0.600. The molecule has 0 bridgehead atoms. The predicted octanol–water partition coefficient (Wildman–Crippen LogP) is 3.77. The molecule has 0 aliphatic rings. The molecule has 0 radical (unpaired) electrons. The Morgan fingerprint density at radius 3 is 1.81 bits per heavy atom. The van der Waals surface area contributed by atoms with Gasteiger partial charge in [0.05, 0.1) is 5.56 Å². The maximum Gasteiger partial charge on any atom is 0.416 e. The zero-order valence-corrected chi connectivity index (χ0v) is 14.6. The molecule has 7 nitrogen and oxygen atoms in total. The Morgan fingerprint density at radius 1 is 1.00 bits per heavy atom. The van der Waals surface area contributed by atoms with Gasteiger partial charge in [-0.1, -0.05) is 0 Å². The van der Waals surface area contributed by atoms with Gasteiger partial charge in [-0.15, -0.1) is 11.6 Å². The average molecular weight is 398 g/mol. The van der Waals surface area contributed by atoms with Gasteiger partial charge in [-0.25, -0.2) is 0 Å². The van der Waals surface area contributed by atoms with Crippen LogP contribution in [0.3, 0.4) is 0 Å². The van der Waals surface area contributed by atoms with Gasteiger partial charge < -0.3 is 5.32 Å². The minimum Gasteiger partial charge on any atom is -0.383 e. The summed E-state index contributed by atoms with van der Waals surface area (Å²) in [6, 6.07) is 1.93. The van der Waals surface area contributed by atoms with Crippen LogP contribution in [0, 0.1) is 20.2 Å². The van der Waals surface area contributed by atoms with Crippen LogP contribution in [0.5, 0.6) is 0 Å². The SMILES string of the molecule is O=[N+]([O-])CCCc1cc(C(F)(F)F)cc(CCC[N+](=O)[O-])c1NCCCl. The van der Waals surface area contributed by atoms with Crippen LogP contribution in [-0.2, 0) is 19.0 Å². The first-order chi connectivity index (χ1) is 12.1. The Kier molecular flexibility index (Phi) is 8.56. The van der Waals surface area contributed by atoms with Crippen molar-refractivity contribution in [1.29, 1.82) is 0 Å². The normalized spacial score (nSPS) is 11.4. The lowest BCUT2D eigenvalue weighted by Gasteiger charge is -2.19. The second-order valence-electron chi connectivity index (χ2n) is 5.60. The zero-order chi connectivity index (χ0) is 19.7. The van der Waals surface area contributed by atoms with Crippen molar-refractivity contribution in [2.75, 3.05) is 30.8 Å². The van der Waals surface area contributed by atoms with Crippen molar-refractivity contribution in [3.8, 4) is 0 Å². The van der Waals surface area contributed by atoms with E-state index in [-0.39, 0.29) is 51.2 Å². The summed E-state index contributed by atoms with van der Waals surface area (Å²) in [5.74, 6) is 0.212. The molecule has 1 N–H and O–H groups in total. The Hall–Kier alpha value is -2.10. The number of benzene rings is 1. The number of hydrogen-bond donors (Lipinski definition) is 1. The van der Waals surface area contributed by atoms with Crippen LogP contribution in [0.2, 0.25) is 0 Å². The largest absolute Gasteiger partial charge is 0.416 e. The molecule has 0 aliphatic heterocycles. The van der Waals surface area contributed by atoms with Gasteiger partial charge in [0.15, 0.2) is 0 Å². The topological polar surface area (TPSA) is 98.3 Å². The molecule has 146 valence electrons. The highest BCUT2D eigenvalue weighted by Crippen LogP contribution is 2.35. The van der Waals surface area contributed by atoms with Crippen LogP contribution in [0.4, 0.5) is 18.9 Å². The molecule has 1 aromatic rings. The number of rotatable bonds is 11. The Morgan fingerprint density at radius 2 is 1.46 bits per heavy atom. The monoisotopic (exact) mass is 397 g/mol. The molecule has 0 aliphatic carbocycles.